The molecule has 0 spiro atoms. The van der Waals surface area contributed by atoms with Gasteiger partial charge in [0.1, 0.15) is 0 Å². The second-order valence-corrected chi connectivity index (χ2v) is 11.5. The van der Waals surface area contributed by atoms with E-state index in [9.17, 15) is 0 Å². The Hall–Kier alpha value is -0.409. The fraction of sp³-hybridized carbons (Fsp3) is 0.500. The molecule has 23 heavy (non-hydrogen) atoms. The SMILES string of the molecule is CC1=C(C)C(C)([SiH](C)c2ccccc2)C(CC(C)(C)[NH][Ti])=C1C. The Kier molecular flexibility index (Phi) is 5.63. The summed E-state index contributed by atoms with van der Waals surface area (Å²) in [4.78, 5) is 0. The van der Waals surface area contributed by atoms with Crippen molar-refractivity contribution in [3.63, 3.8) is 0 Å². The monoisotopic (exact) mass is 360 g/mol. The van der Waals surface area contributed by atoms with Crippen molar-refractivity contribution in [2.75, 3.05) is 0 Å². The first-order valence-electron chi connectivity index (χ1n) is 8.52. The van der Waals surface area contributed by atoms with E-state index in [1.165, 1.54) is 11.1 Å². The van der Waals surface area contributed by atoms with Crippen molar-refractivity contribution in [3.05, 3.63) is 52.6 Å². The molecule has 1 aromatic carbocycles. The Balaban J connectivity index is 2.52. The third-order valence-electron chi connectivity index (χ3n) is 6.11. The second-order valence-electron chi connectivity index (χ2n) is 7.87. The number of allylic oxidation sites excluding steroid dienone is 3. The maximum atomic E-state index is 3.50. The fourth-order valence-corrected chi connectivity index (χ4v) is 7.29. The first kappa shape index (κ1) is 18.9. The van der Waals surface area contributed by atoms with Crippen LogP contribution >= 0.6 is 0 Å². The third-order valence-corrected chi connectivity index (χ3v) is 11.1. The summed E-state index contributed by atoms with van der Waals surface area (Å²) < 4.78 is 3.50. The Bertz CT molecular complexity index is 645. The second kappa shape index (κ2) is 6.84. The van der Waals surface area contributed by atoms with Crippen molar-refractivity contribution >= 4 is 14.0 Å². The van der Waals surface area contributed by atoms with Gasteiger partial charge in [-0.15, -0.1) is 0 Å². The van der Waals surface area contributed by atoms with Crippen LogP contribution in [0.5, 0.6) is 0 Å². The number of rotatable bonds is 5. The van der Waals surface area contributed by atoms with E-state index in [0.29, 0.717) is 0 Å². The summed E-state index contributed by atoms with van der Waals surface area (Å²) in [7, 11) is -1.16. The van der Waals surface area contributed by atoms with Gasteiger partial charge in [-0.25, -0.2) is 0 Å². The summed E-state index contributed by atoms with van der Waals surface area (Å²) in [6, 6.07) is 11.2. The Morgan fingerprint density at radius 3 is 2.17 bits per heavy atom. The maximum absolute atomic E-state index is 3.50. The molecular formula is C20H30NSiTi. The number of hydrogen-bond donors (Lipinski definition) is 1. The Morgan fingerprint density at radius 2 is 1.65 bits per heavy atom. The molecule has 0 heterocycles. The number of benzene rings is 1. The van der Waals surface area contributed by atoms with Crippen LogP contribution in [0.25, 0.3) is 0 Å². The van der Waals surface area contributed by atoms with Gasteiger partial charge >= 0.3 is 156 Å². The van der Waals surface area contributed by atoms with Gasteiger partial charge in [0.15, 0.2) is 0 Å². The zero-order chi connectivity index (χ0) is 17.4. The molecule has 0 bridgehead atoms. The van der Waals surface area contributed by atoms with Crippen LogP contribution in [-0.4, -0.2) is 14.3 Å². The summed E-state index contributed by atoms with van der Waals surface area (Å²) in [5.74, 6) is 0. The molecule has 3 heteroatoms. The van der Waals surface area contributed by atoms with Crippen molar-refractivity contribution in [2.45, 2.75) is 65.1 Å². The summed E-state index contributed by atoms with van der Waals surface area (Å²) in [6.45, 7) is 16.7. The van der Waals surface area contributed by atoms with Gasteiger partial charge in [-0.2, -0.15) is 0 Å². The Morgan fingerprint density at radius 1 is 1.09 bits per heavy atom. The van der Waals surface area contributed by atoms with Crippen LogP contribution in [-0.2, 0) is 20.7 Å². The quantitative estimate of drug-likeness (QED) is 0.768. The zero-order valence-electron chi connectivity index (χ0n) is 15.7. The van der Waals surface area contributed by atoms with Gasteiger partial charge in [0, 0.05) is 0 Å². The first-order chi connectivity index (χ1) is 10.6. The molecule has 1 aromatic rings. The van der Waals surface area contributed by atoms with Crippen LogP contribution in [0, 0.1) is 0 Å². The van der Waals surface area contributed by atoms with Crippen LogP contribution in [0.15, 0.2) is 52.6 Å². The first-order valence-corrected chi connectivity index (χ1v) is 11.6. The molecule has 0 fully saturated rings. The standard InChI is InChI=1S/C20H30NSi.Ti/c1-14-15(2)18(13-19(4,5)21)20(6,16(14)3)22(7)17-11-9-8-10-12-17;/h8-12,21-22H,13H2,1-7H3;/q-1;+1. The van der Waals surface area contributed by atoms with Gasteiger partial charge in [0.25, 0.3) is 0 Å². The molecule has 0 saturated heterocycles. The van der Waals surface area contributed by atoms with E-state index in [2.05, 4.69) is 103 Å². The van der Waals surface area contributed by atoms with Gasteiger partial charge in [0.2, 0.25) is 0 Å². The van der Waals surface area contributed by atoms with Gasteiger partial charge in [-0.05, 0) is 0 Å². The summed E-state index contributed by atoms with van der Waals surface area (Å²) in [5, 5.41) is 1.81. The molecule has 0 radical (unpaired) electrons. The predicted molar refractivity (Wildman–Crippen MR) is 100 cm³/mol. The van der Waals surface area contributed by atoms with Gasteiger partial charge < -0.3 is 0 Å². The third kappa shape index (κ3) is 3.37. The molecule has 1 nitrogen and oxygen atoms in total. The minimum absolute atomic E-state index is 0.133. The van der Waals surface area contributed by atoms with Crippen molar-refractivity contribution in [1.82, 2.24) is 3.80 Å². The molecule has 1 aliphatic rings. The van der Waals surface area contributed by atoms with E-state index in [1.807, 2.05) is 0 Å². The van der Waals surface area contributed by atoms with Gasteiger partial charge in [0.05, 0.1) is 0 Å². The molecule has 123 valence electrons. The normalized spacial score (nSPS) is 23.6. The molecule has 1 N–H and O–H groups in total. The predicted octanol–water partition coefficient (Wildman–Crippen LogP) is 4.40. The molecule has 0 amide bonds. The molecule has 2 unspecified atom stereocenters. The Labute approximate surface area is 156 Å². The average molecular weight is 360 g/mol. The summed E-state index contributed by atoms with van der Waals surface area (Å²) >= 11 is 2.08. The van der Waals surface area contributed by atoms with Gasteiger partial charge in [-0.3, -0.25) is 0 Å². The van der Waals surface area contributed by atoms with Crippen LogP contribution in [0.2, 0.25) is 11.6 Å². The molecule has 0 aromatic heterocycles. The topological polar surface area (TPSA) is 12.0 Å². The van der Waals surface area contributed by atoms with Crippen molar-refractivity contribution < 1.29 is 20.7 Å². The van der Waals surface area contributed by atoms with Crippen molar-refractivity contribution in [3.8, 4) is 0 Å². The average Bonchev–Trinajstić information content (AvgIpc) is 2.71. The van der Waals surface area contributed by atoms with Crippen molar-refractivity contribution in [2.24, 2.45) is 0 Å². The van der Waals surface area contributed by atoms with E-state index in [1.54, 1.807) is 16.3 Å². The molecule has 0 saturated carbocycles. The zero-order valence-corrected chi connectivity index (χ0v) is 18.4. The minimum atomic E-state index is -1.16. The molecule has 0 aliphatic heterocycles. The number of hydrogen-bond acceptors (Lipinski definition) is 1. The summed E-state index contributed by atoms with van der Waals surface area (Å²) in [6.07, 6.45) is 1.12. The van der Waals surface area contributed by atoms with E-state index in [0.717, 1.165) is 6.42 Å². The van der Waals surface area contributed by atoms with E-state index >= 15 is 0 Å². The summed E-state index contributed by atoms with van der Waals surface area (Å²) in [5.41, 5.74) is 6.44. The van der Waals surface area contributed by atoms with Crippen molar-refractivity contribution in [1.29, 1.82) is 0 Å². The number of nitrogens with one attached hydrogen (secondary N) is 1. The fourth-order valence-electron chi connectivity index (χ4n) is 3.98. The van der Waals surface area contributed by atoms with E-state index in [-0.39, 0.29) is 10.6 Å². The van der Waals surface area contributed by atoms with E-state index < -0.39 is 8.80 Å². The van der Waals surface area contributed by atoms with Crippen LogP contribution in [0.3, 0.4) is 0 Å². The van der Waals surface area contributed by atoms with E-state index in [4.69, 9.17) is 0 Å². The molecule has 2 rings (SSSR count). The van der Waals surface area contributed by atoms with Crippen LogP contribution in [0.4, 0.5) is 0 Å². The van der Waals surface area contributed by atoms with Gasteiger partial charge in [-0.1, -0.05) is 0 Å². The van der Waals surface area contributed by atoms with Crippen LogP contribution in [0.1, 0.15) is 48.0 Å². The molecule has 1 aliphatic carbocycles. The van der Waals surface area contributed by atoms with Crippen LogP contribution < -0.4 is 8.99 Å². The molecular weight excluding hydrogens is 330 g/mol. The molecule has 2 atom stereocenters.